The van der Waals surface area contributed by atoms with Gasteiger partial charge in [0.15, 0.2) is 5.60 Å². The second-order valence-corrected chi connectivity index (χ2v) is 14.9. The summed E-state index contributed by atoms with van der Waals surface area (Å²) in [4.78, 5) is 30.4. The van der Waals surface area contributed by atoms with Crippen molar-refractivity contribution in [3.63, 3.8) is 0 Å². The second kappa shape index (κ2) is 9.05. The summed E-state index contributed by atoms with van der Waals surface area (Å²) >= 11 is 2.21. The molecule has 0 saturated carbocycles. The van der Waals surface area contributed by atoms with Crippen LogP contribution in [-0.4, -0.2) is 62.1 Å². The third-order valence-electron chi connectivity index (χ3n) is 7.52. The van der Waals surface area contributed by atoms with Crippen LogP contribution in [0.5, 0.6) is 0 Å². The van der Waals surface area contributed by atoms with Crippen LogP contribution < -0.4 is 4.90 Å². The van der Waals surface area contributed by atoms with Crippen LogP contribution in [0.4, 0.5) is 9.80 Å². The second-order valence-electron chi connectivity index (χ2n) is 9.91. The molecule has 3 aliphatic heterocycles. The third-order valence-corrected chi connectivity index (χ3v) is 10.6. The number of hydrogen-bond acceptors (Lipinski definition) is 4. The predicted molar refractivity (Wildman–Crippen MR) is 136 cm³/mol. The van der Waals surface area contributed by atoms with E-state index in [9.17, 15) is 14.7 Å². The molecule has 5 atom stereocenters. The van der Waals surface area contributed by atoms with Crippen LogP contribution in [0.25, 0.3) is 0 Å². The Bertz CT molecular complexity index is 970. The topological polar surface area (TPSA) is 70.1 Å². The maximum Gasteiger partial charge on any atom is 0.264 e. The van der Waals surface area contributed by atoms with E-state index in [0.29, 0.717) is 13.1 Å². The maximum absolute atomic E-state index is 15.8. The lowest BCUT2D eigenvalue weighted by Crippen LogP contribution is -2.45. The fourth-order valence-corrected chi connectivity index (χ4v) is 9.16. The molecule has 0 radical (unpaired) electrons. The van der Waals surface area contributed by atoms with E-state index < -0.39 is 31.6 Å². The van der Waals surface area contributed by atoms with Gasteiger partial charge >= 0.3 is 0 Å². The van der Waals surface area contributed by atoms with Gasteiger partial charge in [0.25, 0.3) is 5.91 Å². The standard InChI is InChI=1S/C24H32FIN2O4Si/c1-5-10-28-19-9-8-16(26)12-18(19)24(23(28)31)15(2)22(33(3,4)25)20(32-24)13-21(30)27-11-6-7-17(27)14-29/h5,8-9,12,15,17,20,22,29H,1,6-7,10-11,13-14H2,2-4H3/t15-,17-,20+,22-,24+/m0/s1. The first kappa shape index (κ1) is 24.8. The Morgan fingerprint density at radius 1 is 1.45 bits per heavy atom. The molecule has 2 saturated heterocycles. The summed E-state index contributed by atoms with van der Waals surface area (Å²) in [6.45, 7) is 9.81. The average Bonchev–Trinajstić information content (AvgIpc) is 3.39. The van der Waals surface area contributed by atoms with Crippen molar-refractivity contribution in [2.75, 3.05) is 24.6 Å². The van der Waals surface area contributed by atoms with Crippen molar-refractivity contribution in [2.24, 2.45) is 5.92 Å². The number of amides is 2. The molecule has 2 fully saturated rings. The zero-order valence-electron chi connectivity index (χ0n) is 19.4. The monoisotopic (exact) mass is 586 g/mol. The molecule has 180 valence electrons. The first-order valence-corrected chi connectivity index (χ1v) is 15.6. The maximum atomic E-state index is 15.8. The number of hydrogen-bond donors (Lipinski definition) is 1. The molecule has 3 heterocycles. The lowest BCUT2D eigenvalue weighted by molar-refractivity contribution is -0.149. The Balaban J connectivity index is 1.75. The quantitative estimate of drug-likeness (QED) is 0.237. The minimum Gasteiger partial charge on any atom is -0.394 e. The molecule has 1 N–H and O–H groups in total. The number of rotatable bonds is 6. The number of fused-ring (bicyclic) bond motifs is 2. The number of halogens is 2. The van der Waals surface area contributed by atoms with Gasteiger partial charge in [-0.15, -0.1) is 6.58 Å². The Morgan fingerprint density at radius 2 is 2.18 bits per heavy atom. The molecule has 1 aromatic carbocycles. The molecular formula is C24H32FIN2O4Si. The number of aliphatic hydroxyl groups is 1. The summed E-state index contributed by atoms with van der Waals surface area (Å²) in [7, 11) is -3.32. The van der Waals surface area contributed by atoms with Crippen molar-refractivity contribution < 1.29 is 23.5 Å². The molecule has 0 aromatic heterocycles. The van der Waals surface area contributed by atoms with E-state index >= 15 is 4.11 Å². The number of anilines is 1. The van der Waals surface area contributed by atoms with Gasteiger partial charge in [0.1, 0.15) is 0 Å². The molecule has 9 heteroatoms. The van der Waals surface area contributed by atoms with E-state index in [0.717, 1.165) is 27.7 Å². The molecule has 4 rings (SSSR count). The van der Waals surface area contributed by atoms with E-state index in [1.807, 2.05) is 25.1 Å². The molecule has 0 bridgehead atoms. The van der Waals surface area contributed by atoms with Crippen molar-refractivity contribution >= 4 is 48.5 Å². The van der Waals surface area contributed by atoms with E-state index in [-0.39, 0.29) is 30.9 Å². The van der Waals surface area contributed by atoms with Crippen LogP contribution in [0.2, 0.25) is 18.6 Å². The van der Waals surface area contributed by atoms with Gasteiger partial charge in [-0.2, -0.15) is 0 Å². The molecule has 1 aromatic rings. The average molecular weight is 587 g/mol. The number of nitrogens with zero attached hydrogens (tertiary/aromatic N) is 2. The van der Waals surface area contributed by atoms with Crippen LogP contribution >= 0.6 is 22.6 Å². The first-order chi connectivity index (χ1) is 15.6. The van der Waals surface area contributed by atoms with Crippen molar-refractivity contribution in [3.05, 3.63) is 40.0 Å². The lowest BCUT2D eigenvalue weighted by atomic mass is 9.82. The van der Waals surface area contributed by atoms with Crippen molar-refractivity contribution in [2.45, 2.75) is 62.6 Å². The third kappa shape index (κ3) is 3.98. The Morgan fingerprint density at radius 3 is 2.82 bits per heavy atom. The minimum absolute atomic E-state index is 0.0155. The lowest BCUT2D eigenvalue weighted by Gasteiger charge is -2.31. The normalized spacial score (nSPS) is 31.5. The number of ether oxygens (including phenoxy) is 1. The highest BCUT2D eigenvalue weighted by Gasteiger charge is 2.67. The largest absolute Gasteiger partial charge is 0.394 e. The molecule has 0 aliphatic carbocycles. The van der Waals surface area contributed by atoms with Crippen LogP contribution in [-0.2, 0) is 19.9 Å². The summed E-state index contributed by atoms with van der Waals surface area (Å²) in [6, 6.07) is 5.60. The van der Waals surface area contributed by atoms with E-state index in [1.54, 1.807) is 29.0 Å². The highest BCUT2D eigenvalue weighted by Crippen LogP contribution is 2.60. The van der Waals surface area contributed by atoms with Crippen molar-refractivity contribution in [3.8, 4) is 0 Å². The van der Waals surface area contributed by atoms with Gasteiger partial charge in [-0.25, -0.2) is 0 Å². The van der Waals surface area contributed by atoms with Crippen molar-refractivity contribution in [1.29, 1.82) is 0 Å². The summed E-state index contributed by atoms with van der Waals surface area (Å²) < 4.78 is 23.3. The van der Waals surface area contributed by atoms with Gasteiger partial charge < -0.3 is 23.8 Å². The predicted octanol–water partition coefficient (Wildman–Crippen LogP) is 3.97. The SMILES string of the molecule is C=CCN1C(=O)[C@]2(O[C@H](CC(=O)N3CCC[C@H]3CO)[C@@H]([Si](C)(C)F)[C@@H]2C)c2cc(I)ccc21. The van der Waals surface area contributed by atoms with Gasteiger partial charge in [-0.3, -0.25) is 9.59 Å². The van der Waals surface area contributed by atoms with E-state index in [1.165, 1.54) is 0 Å². The summed E-state index contributed by atoms with van der Waals surface area (Å²) in [5, 5.41) is 9.65. The molecule has 33 heavy (non-hydrogen) atoms. The summed E-state index contributed by atoms with van der Waals surface area (Å²) in [5.41, 5.74) is -0.320. The van der Waals surface area contributed by atoms with E-state index in [2.05, 4.69) is 29.2 Å². The summed E-state index contributed by atoms with van der Waals surface area (Å²) in [5.74, 6) is -0.770. The minimum atomic E-state index is -3.32. The first-order valence-electron chi connectivity index (χ1n) is 11.6. The van der Waals surface area contributed by atoms with E-state index in [4.69, 9.17) is 4.74 Å². The highest BCUT2D eigenvalue weighted by atomic mass is 127. The van der Waals surface area contributed by atoms with Crippen LogP contribution in [0.3, 0.4) is 0 Å². The number of likely N-dealkylation sites (tertiary alicyclic amines) is 1. The molecule has 1 spiro atoms. The van der Waals surface area contributed by atoms with Crippen LogP contribution in [0.1, 0.15) is 31.7 Å². The van der Waals surface area contributed by atoms with Gasteiger partial charge in [0.2, 0.25) is 14.3 Å². The molecule has 2 amide bonds. The number of carbonyl (C=O) groups excluding carboxylic acids is 2. The van der Waals surface area contributed by atoms with Gasteiger partial charge in [-0.1, -0.05) is 13.0 Å². The van der Waals surface area contributed by atoms with Crippen molar-refractivity contribution in [1.82, 2.24) is 4.90 Å². The Kier molecular flexibility index (Phi) is 6.80. The van der Waals surface area contributed by atoms with Crippen LogP contribution in [0.15, 0.2) is 30.9 Å². The molecular weight excluding hydrogens is 554 g/mol. The Labute approximate surface area is 209 Å². The van der Waals surface area contributed by atoms with Crippen LogP contribution in [0, 0.1) is 9.49 Å². The number of benzene rings is 1. The number of carbonyl (C=O) groups is 2. The highest BCUT2D eigenvalue weighted by molar-refractivity contribution is 14.1. The smallest absolute Gasteiger partial charge is 0.264 e. The number of aliphatic hydroxyl groups excluding tert-OH is 1. The fourth-order valence-electron chi connectivity index (χ4n) is 6.17. The zero-order chi connectivity index (χ0) is 24.1. The van der Waals surface area contributed by atoms with Gasteiger partial charge in [0.05, 0.1) is 30.9 Å². The fraction of sp³-hybridized carbons (Fsp3) is 0.583. The van der Waals surface area contributed by atoms with Gasteiger partial charge in [-0.05, 0) is 66.7 Å². The zero-order valence-corrected chi connectivity index (χ0v) is 22.5. The molecule has 0 unspecified atom stereocenters. The van der Waals surface area contributed by atoms with Gasteiger partial charge in [0, 0.05) is 33.7 Å². The summed E-state index contributed by atoms with van der Waals surface area (Å²) in [6.07, 6.45) is 2.60. The molecule has 6 nitrogen and oxygen atoms in total. The molecule has 3 aliphatic rings. The Hall–Kier alpha value is -1.30.